The second kappa shape index (κ2) is 8.83. The van der Waals surface area contributed by atoms with Crippen molar-refractivity contribution in [3.05, 3.63) is 35.9 Å². The van der Waals surface area contributed by atoms with Gasteiger partial charge in [0.15, 0.2) is 0 Å². The van der Waals surface area contributed by atoms with Gasteiger partial charge in [0.1, 0.15) is 0 Å². The third-order valence-corrected chi connectivity index (χ3v) is 4.71. The first-order valence-corrected chi connectivity index (χ1v) is 8.83. The third kappa shape index (κ3) is 5.64. The molecule has 0 aliphatic carbocycles. The molecule has 1 aromatic rings. The third-order valence-electron chi connectivity index (χ3n) is 4.71. The zero-order chi connectivity index (χ0) is 17.5. The Balaban J connectivity index is 1.71. The van der Waals surface area contributed by atoms with Crippen molar-refractivity contribution in [2.75, 3.05) is 19.6 Å². The standard InChI is InChI=1S/C19H29N3O2/c1-14(2)15(3)20-18(23)13-22-11-9-17(10-12-22)21-19(24)16-7-5-4-6-8-16/h4-8,14-15,17H,9-13H2,1-3H3,(H,20,23)(H,21,24). The molecule has 0 radical (unpaired) electrons. The molecule has 1 fully saturated rings. The number of nitrogens with zero attached hydrogens (tertiary/aromatic N) is 1. The van der Waals surface area contributed by atoms with Crippen LogP contribution in [0.4, 0.5) is 0 Å². The van der Waals surface area contributed by atoms with Crippen LogP contribution in [0.25, 0.3) is 0 Å². The average Bonchev–Trinajstić information content (AvgIpc) is 2.57. The van der Waals surface area contributed by atoms with Gasteiger partial charge in [-0.3, -0.25) is 14.5 Å². The zero-order valence-corrected chi connectivity index (χ0v) is 14.9. The molecule has 5 nitrogen and oxygen atoms in total. The number of amides is 2. The molecule has 1 unspecified atom stereocenters. The maximum Gasteiger partial charge on any atom is 0.251 e. The maximum absolute atomic E-state index is 12.2. The molecule has 1 aliphatic heterocycles. The smallest absolute Gasteiger partial charge is 0.251 e. The van der Waals surface area contributed by atoms with E-state index in [1.165, 1.54) is 0 Å². The van der Waals surface area contributed by atoms with E-state index in [9.17, 15) is 9.59 Å². The number of nitrogens with one attached hydrogen (secondary N) is 2. The van der Waals surface area contributed by atoms with Crippen molar-refractivity contribution in [3.8, 4) is 0 Å². The Hall–Kier alpha value is -1.88. The van der Waals surface area contributed by atoms with Crippen LogP contribution in [0.3, 0.4) is 0 Å². The van der Waals surface area contributed by atoms with Gasteiger partial charge in [-0.15, -0.1) is 0 Å². The number of hydrogen-bond acceptors (Lipinski definition) is 3. The first-order chi connectivity index (χ1) is 11.5. The average molecular weight is 331 g/mol. The summed E-state index contributed by atoms with van der Waals surface area (Å²) in [5, 5.41) is 6.13. The summed E-state index contributed by atoms with van der Waals surface area (Å²) in [6, 6.07) is 9.67. The molecule has 0 bridgehead atoms. The highest BCUT2D eigenvalue weighted by atomic mass is 16.2. The lowest BCUT2D eigenvalue weighted by molar-refractivity contribution is -0.123. The van der Waals surface area contributed by atoms with E-state index in [0.717, 1.165) is 25.9 Å². The first kappa shape index (κ1) is 18.5. The lowest BCUT2D eigenvalue weighted by atomic mass is 10.0. The second-order valence-corrected chi connectivity index (χ2v) is 6.99. The topological polar surface area (TPSA) is 61.4 Å². The monoisotopic (exact) mass is 331 g/mol. The Bertz CT molecular complexity index is 537. The largest absolute Gasteiger partial charge is 0.352 e. The van der Waals surface area contributed by atoms with Crippen LogP contribution in [0, 0.1) is 5.92 Å². The van der Waals surface area contributed by atoms with Crippen molar-refractivity contribution in [1.82, 2.24) is 15.5 Å². The van der Waals surface area contributed by atoms with Gasteiger partial charge in [-0.25, -0.2) is 0 Å². The van der Waals surface area contributed by atoms with Crippen molar-refractivity contribution >= 4 is 11.8 Å². The molecule has 1 aromatic carbocycles. The van der Waals surface area contributed by atoms with Gasteiger partial charge in [0.25, 0.3) is 5.91 Å². The predicted octanol–water partition coefficient (Wildman–Crippen LogP) is 2.04. The number of carbonyl (C=O) groups excluding carboxylic acids is 2. The predicted molar refractivity (Wildman–Crippen MR) is 95.8 cm³/mol. The highest BCUT2D eigenvalue weighted by molar-refractivity contribution is 5.94. The first-order valence-electron chi connectivity index (χ1n) is 8.83. The van der Waals surface area contributed by atoms with Crippen LogP contribution in [0.15, 0.2) is 30.3 Å². The SMILES string of the molecule is CC(C)C(C)NC(=O)CN1CCC(NC(=O)c2ccccc2)CC1. The summed E-state index contributed by atoms with van der Waals surface area (Å²) < 4.78 is 0. The summed E-state index contributed by atoms with van der Waals surface area (Å²) in [5.41, 5.74) is 0.696. The molecule has 0 saturated carbocycles. The minimum atomic E-state index is -0.0162. The fourth-order valence-corrected chi connectivity index (χ4v) is 2.76. The lowest BCUT2D eigenvalue weighted by Crippen LogP contribution is -2.48. The van der Waals surface area contributed by atoms with Gasteiger partial charge in [-0.2, -0.15) is 0 Å². The van der Waals surface area contributed by atoms with Crippen LogP contribution in [-0.2, 0) is 4.79 Å². The summed E-state index contributed by atoms with van der Waals surface area (Å²) in [6.45, 7) is 8.36. The van der Waals surface area contributed by atoms with Gasteiger partial charge in [0, 0.05) is 30.7 Å². The summed E-state index contributed by atoms with van der Waals surface area (Å²) >= 11 is 0. The minimum absolute atomic E-state index is 0.0162. The van der Waals surface area contributed by atoms with Gasteiger partial charge in [0.2, 0.25) is 5.91 Å². The lowest BCUT2D eigenvalue weighted by Gasteiger charge is -2.32. The van der Waals surface area contributed by atoms with Crippen molar-refractivity contribution in [2.45, 2.75) is 45.7 Å². The molecular weight excluding hydrogens is 302 g/mol. The van der Waals surface area contributed by atoms with Gasteiger partial charge >= 0.3 is 0 Å². The second-order valence-electron chi connectivity index (χ2n) is 6.99. The van der Waals surface area contributed by atoms with Crippen LogP contribution in [0.5, 0.6) is 0 Å². The Morgan fingerprint density at radius 1 is 1.12 bits per heavy atom. The normalized spacial score (nSPS) is 17.5. The molecule has 2 N–H and O–H groups in total. The fourth-order valence-electron chi connectivity index (χ4n) is 2.76. The molecular formula is C19H29N3O2. The maximum atomic E-state index is 12.2. The van der Waals surface area contributed by atoms with Crippen molar-refractivity contribution < 1.29 is 9.59 Å². The molecule has 1 aliphatic rings. The van der Waals surface area contributed by atoms with E-state index in [1.54, 1.807) is 0 Å². The van der Waals surface area contributed by atoms with Gasteiger partial charge in [0.05, 0.1) is 6.54 Å². The molecule has 2 amide bonds. The van der Waals surface area contributed by atoms with E-state index >= 15 is 0 Å². The summed E-state index contributed by atoms with van der Waals surface area (Å²) in [7, 11) is 0. The Morgan fingerprint density at radius 2 is 1.75 bits per heavy atom. The highest BCUT2D eigenvalue weighted by Gasteiger charge is 2.23. The van der Waals surface area contributed by atoms with Gasteiger partial charge in [-0.05, 0) is 37.8 Å². The van der Waals surface area contributed by atoms with Crippen LogP contribution < -0.4 is 10.6 Å². The quantitative estimate of drug-likeness (QED) is 0.838. The number of hydrogen-bond donors (Lipinski definition) is 2. The summed E-state index contributed by atoms with van der Waals surface area (Å²) in [4.78, 5) is 26.4. The van der Waals surface area contributed by atoms with E-state index in [2.05, 4.69) is 29.4 Å². The zero-order valence-electron chi connectivity index (χ0n) is 14.9. The van der Waals surface area contributed by atoms with E-state index in [-0.39, 0.29) is 23.9 Å². The molecule has 0 spiro atoms. The van der Waals surface area contributed by atoms with Crippen LogP contribution in [-0.4, -0.2) is 48.4 Å². The van der Waals surface area contributed by atoms with Crippen molar-refractivity contribution in [2.24, 2.45) is 5.92 Å². The van der Waals surface area contributed by atoms with E-state index in [1.807, 2.05) is 37.3 Å². The van der Waals surface area contributed by atoms with Gasteiger partial charge < -0.3 is 10.6 Å². The number of rotatable bonds is 6. The fraction of sp³-hybridized carbons (Fsp3) is 0.579. The Labute approximate surface area is 144 Å². The van der Waals surface area contributed by atoms with E-state index in [0.29, 0.717) is 18.0 Å². The summed E-state index contributed by atoms with van der Waals surface area (Å²) in [6.07, 6.45) is 1.76. The molecule has 5 heteroatoms. The molecule has 0 aromatic heterocycles. The molecule has 1 saturated heterocycles. The number of piperidine rings is 1. The minimum Gasteiger partial charge on any atom is -0.352 e. The molecule has 24 heavy (non-hydrogen) atoms. The Morgan fingerprint density at radius 3 is 2.33 bits per heavy atom. The van der Waals surface area contributed by atoms with E-state index < -0.39 is 0 Å². The molecule has 1 heterocycles. The van der Waals surface area contributed by atoms with Crippen LogP contribution in [0.1, 0.15) is 44.0 Å². The van der Waals surface area contributed by atoms with Crippen LogP contribution >= 0.6 is 0 Å². The van der Waals surface area contributed by atoms with E-state index in [4.69, 9.17) is 0 Å². The Kier molecular flexibility index (Phi) is 6.79. The number of likely N-dealkylation sites (tertiary alicyclic amines) is 1. The molecule has 1 atom stereocenters. The summed E-state index contributed by atoms with van der Waals surface area (Å²) in [5.74, 6) is 0.508. The molecule has 132 valence electrons. The number of benzene rings is 1. The number of carbonyl (C=O) groups is 2. The van der Waals surface area contributed by atoms with Crippen molar-refractivity contribution in [1.29, 1.82) is 0 Å². The van der Waals surface area contributed by atoms with Crippen molar-refractivity contribution in [3.63, 3.8) is 0 Å². The van der Waals surface area contributed by atoms with Crippen LogP contribution in [0.2, 0.25) is 0 Å². The highest BCUT2D eigenvalue weighted by Crippen LogP contribution is 2.11. The molecule has 2 rings (SSSR count). The van der Waals surface area contributed by atoms with Gasteiger partial charge in [-0.1, -0.05) is 32.0 Å².